The predicted molar refractivity (Wildman–Crippen MR) is 141 cm³/mol. The van der Waals surface area contributed by atoms with Crippen molar-refractivity contribution in [3.8, 4) is 0 Å². The van der Waals surface area contributed by atoms with Gasteiger partial charge in [-0.15, -0.1) is 0 Å². The van der Waals surface area contributed by atoms with Gasteiger partial charge >= 0.3 is 6.03 Å². The zero-order valence-electron chi connectivity index (χ0n) is 19.9. The third-order valence-electron chi connectivity index (χ3n) is 6.85. The van der Waals surface area contributed by atoms with Gasteiger partial charge in [-0.05, 0) is 58.7 Å². The number of nitrogens with one attached hydrogen (secondary N) is 1. The molecule has 180 valence electrons. The summed E-state index contributed by atoms with van der Waals surface area (Å²) in [6.07, 6.45) is 0. The summed E-state index contributed by atoms with van der Waals surface area (Å²) in [4.78, 5) is 30.5. The van der Waals surface area contributed by atoms with Crippen molar-refractivity contribution in [3.63, 3.8) is 0 Å². The molecule has 0 bridgehead atoms. The second-order valence-electron chi connectivity index (χ2n) is 9.25. The summed E-state index contributed by atoms with van der Waals surface area (Å²) in [7, 11) is 0. The Balaban J connectivity index is 1.55. The van der Waals surface area contributed by atoms with E-state index in [9.17, 15) is 9.59 Å². The Hall–Kier alpha value is -4.65. The highest BCUT2D eigenvalue weighted by molar-refractivity contribution is 6.07. The quantitative estimate of drug-likeness (QED) is 0.163. The Morgan fingerprint density at radius 3 is 2.28 bits per heavy atom. The zero-order chi connectivity index (χ0) is 25.4. The van der Waals surface area contributed by atoms with Crippen molar-refractivity contribution in [2.75, 3.05) is 5.73 Å². The molecule has 5 rings (SSSR count). The van der Waals surface area contributed by atoms with Crippen LogP contribution in [0.3, 0.4) is 0 Å². The molecule has 1 saturated heterocycles. The van der Waals surface area contributed by atoms with E-state index >= 15 is 0 Å². The lowest BCUT2D eigenvalue weighted by atomic mass is 9.90. The van der Waals surface area contributed by atoms with E-state index in [-0.39, 0.29) is 30.9 Å². The molecule has 5 N–H and O–H groups in total. The molecule has 1 fully saturated rings. The Labute approximate surface area is 209 Å². The first-order chi connectivity index (χ1) is 17.3. The number of amides is 3. The van der Waals surface area contributed by atoms with Crippen LogP contribution in [0.4, 0.5) is 10.5 Å². The molecule has 3 amide bonds. The first-order valence-corrected chi connectivity index (χ1v) is 11.7. The molecule has 1 aliphatic rings. The molecule has 4 aromatic carbocycles. The third kappa shape index (κ3) is 3.94. The zero-order valence-corrected chi connectivity index (χ0v) is 19.9. The average Bonchev–Trinajstić information content (AvgIpc) is 3.05. The summed E-state index contributed by atoms with van der Waals surface area (Å²) < 4.78 is 0. The maximum Gasteiger partial charge on any atom is 0.328 e. The number of fused-ring (bicyclic) bond motifs is 1. The molecule has 0 aliphatic carbocycles. The minimum absolute atomic E-state index is 0.00327. The van der Waals surface area contributed by atoms with Gasteiger partial charge in [-0.25, -0.2) is 4.79 Å². The van der Waals surface area contributed by atoms with E-state index in [2.05, 4.69) is 0 Å². The molecule has 1 heterocycles. The number of nitrogens with two attached hydrogens (primary N) is 2. The van der Waals surface area contributed by atoms with Gasteiger partial charge in [-0.3, -0.25) is 15.1 Å². The molecule has 36 heavy (non-hydrogen) atoms. The van der Waals surface area contributed by atoms with Crippen LogP contribution in [0, 0.1) is 5.41 Å². The number of anilines is 1. The summed E-state index contributed by atoms with van der Waals surface area (Å²) in [5, 5.41) is 9.66. The van der Waals surface area contributed by atoms with Crippen LogP contribution < -0.4 is 11.5 Å². The number of hydrogen-bond acceptors (Lipinski definition) is 4. The number of imide groups is 1. The van der Waals surface area contributed by atoms with Crippen molar-refractivity contribution in [1.82, 2.24) is 9.80 Å². The van der Waals surface area contributed by atoms with Gasteiger partial charge in [0.1, 0.15) is 11.4 Å². The van der Waals surface area contributed by atoms with Gasteiger partial charge in [0.2, 0.25) is 0 Å². The molecule has 7 heteroatoms. The summed E-state index contributed by atoms with van der Waals surface area (Å²) in [5.74, 6) is -0.280. The number of urea groups is 1. The van der Waals surface area contributed by atoms with E-state index in [0.717, 1.165) is 27.5 Å². The highest BCUT2D eigenvalue weighted by Gasteiger charge is 2.55. The number of rotatable bonds is 6. The van der Waals surface area contributed by atoms with Gasteiger partial charge in [0, 0.05) is 17.8 Å². The molecular formula is C29H27N5O2. The minimum Gasteiger partial charge on any atom is -0.399 e. The van der Waals surface area contributed by atoms with Gasteiger partial charge in [-0.1, -0.05) is 66.7 Å². The lowest BCUT2D eigenvalue weighted by molar-refractivity contribution is -0.133. The van der Waals surface area contributed by atoms with Gasteiger partial charge in [0.15, 0.2) is 0 Å². The lowest BCUT2D eigenvalue weighted by Crippen LogP contribution is -2.43. The molecule has 0 saturated carbocycles. The molecule has 7 nitrogen and oxygen atoms in total. The summed E-state index contributed by atoms with van der Waals surface area (Å²) >= 11 is 0. The molecule has 0 radical (unpaired) electrons. The van der Waals surface area contributed by atoms with E-state index in [1.807, 2.05) is 78.9 Å². The van der Waals surface area contributed by atoms with Crippen molar-refractivity contribution in [1.29, 1.82) is 5.41 Å². The maximum absolute atomic E-state index is 13.9. The van der Waals surface area contributed by atoms with Crippen LogP contribution in [0.1, 0.15) is 29.2 Å². The number of nitrogens with zero attached hydrogens (tertiary/aromatic N) is 2. The molecule has 1 aliphatic heterocycles. The van der Waals surface area contributed by atoms with Crippen LogP contribution in [-0.4, -0.2) is 27.6 Å². The highest BCUT2D eigenvalue weighted by Crippen LogP contribution is 2.39. The fraction of sp³-hybridized carbons (Fsp3) is 0.138. The topological polar surface area (TPSA) is 117 Å². The van der Waals surface area contributed by atoms with Crippen LogP contribution >= 0.6 is 0 Å². The summed E-state index contributed by atoms with van der Waals surface area (Å²) in [5.41, 5.74) is 14.1. The van der Waals surface area contributed by atoms with Gasteiger partial charge in [0.25, 0.3) is 5.91 Å². The molecule has 0 aromatic heterocycles. The number of benzene rings is 4. The number of amidine groups is 1. The van der Waals surface area contributed by atoms with E-state index in [1.165, 1.54) is 4.90 Å². The van der Waals surface area contributed by atoms with E-state index in [0.29, 0.717) is 11.3 Å². The molecule has 1 atom stereocenters. The van der Waals surface area contributed by atoms with E-state index in [4.69, 9.17) is 16.9 Å². The molecule has 4 aromatic rings. The second kappa shape index (κ2) is 8.85. The van der Waals surface area contributed by atoms with Gasteiger partial charge in [0.05, 0.1) is 6.54 Å². The highest BCUT2D eigenvalue weighted by atomic mass is 16.2. The first-order valence-electron chi connectivity index (χ1n) is 11.7. The van der Waals surface area contributed by atoms with Gasteiger partial charge in [-0.2, -0.15) is 0 Å². The smallest absolute Gasteiger partial charge is 0.328 e. The predicted octanol–water partition coefficient (Wildman–Crippen LogP) is 4.59. The number of nitrogen functional groups attached to an aromatic ring is 2. The average molecular weight is 478 g/mol. The van der Waals surface area contributed by atoms with E-state index < -0.39 is 5.54 Å². The second-order valence-corrected chi connectivity index (χ2v) is 9.25. The Morgan fingerprint density at radius 1 is 0.833 bits per heavy atom. The fourth-order valence-electron chi connectivity index (χ4n) is 4.83. The van der Waals surface area contributed by atoms with Crippen LogP contribution in [0.15, 0.2) is 91.0 Å². The first kappa shape index (κ1) is 23.1. The Morgan fingerprint density at radius 2 is 1.56 bits per heavy atom. The Bertz CT molecular complexity index is 1500. The van der Waals surface area contributed by atoms with E-state index in [1.54, 1.807) is 24.0 Å². The van der Waals surface area contributed by atoms with Crippen molar-refractivity contribution in [3.05, 3.63) is 113 Å². The summed E-state index contributed by atoms with van der Waals surface area (Å²) in [6, 6.07) is 27.8. The molecule has 0 spiro atoms. The van der Waals surface area contributed by atoms with Crippen LogP contribution in [0.5, 0.6) is 0 Å². The Kier molecular flexibility index (Phi) is 5.68. The third-order valence-corrected chi connectivity index (χ3v) is 6.85. The molecular weight excluding hydrogens is 450 g/mol. The fourth-order valence-corrected chi connectivity index (χ4v) is 4.83. The summed E-state index contributed by atoms with van der Waals surface area (Å²) in [6.45, 7) is 2.18. The lowest BCUT2D eigenvalue weighted by Gasteiger charge is -2.32. The van der Waals surface area contributed by atoms with Crippen LogP contribution in [0.2, 0.25) is 0 Å². The van der Waals surface area contributed by atoms with Crippen LogP contribution in [-0.2, 0) is 23.4 Å². The molecule has 1 unspecified atom stereocenters. The number of hydrogen-bond donors (Lipinski definition) is 3. The SMILES string of the molecule is CC1(c2ccccc2)C(=O)N(Cc2cccc(N)c2)C(=O)N1Cc1ccc2ccc(C(=N)N)cc2c1. The van der Waals surface area contributed by atoms with Crippen molar-refractivity contribution >= 4 is 34.2 Å². The standard InChI is InChI=1S/C29H27N5O2/c1-29(24-7-3-2-4-8-24)27(35)33(17-19-6-5-9-25(30)15-19)28(36)34(29)18-20-10-11-21-12-13-22(26(31)32)16-23(21)14-20/h2-16H,17-18,30H2,1H3,(H3,31,32). The number of carbonyl (C=O) groups is 2. The van der Waals surface area contributed by atoms with Crippen molar-refractivity contribution < 1.29 is 9.59 Å². The largest absolute Gasteiger partial charge is 0.399 e. The van der Waals surface area contributed by atoms with Gasteiger partial charge < -0.3 is 16.4 Å². The van der Waals surface area contributed by atoms with Crippen LogP contribution in [0.25, 0.3) is 10.8 Å². The maximum atomic E-state index is 13.9. The van der Waals surface area contributed by atoms with Crippen molar-refractivity contribution in [2.24, 2.45) is 5.73 Å². The number of carbonyl (C=O) groups excluding carboxylic acids is 2. The van der Waals surface area contributed by atoms with Crippen molar-refractivity contribution in [2.45, 2.75) is 25.6 Å². The normalized spacial score (nSPS) is 17.7. The minimum atomic E-state index is -1.17. The monoisotopic (exact) mass is 477 g/mol.